The Kier molecular flexibility index (Phi) is 12.6. The smallest absolute Gasteiger partial charge is 0.347 e. The van der Waals surface area contributed by atoms with Crippen LogP contribution in [-0.2, 0) is 47.3 Å². The molecule has 16 nitrogen and oxygen atoms in total. The van der Waals surface area contributed by atoms with Gasteiger partial charge in [0.05, 0.1) is 0 Å². The van der Waals surface area contributed by atoms with E-state index in [9.17, 15) is 52.7 Å². The van der Waals surface area contributed by atoms with E-state index in [1.54, 1.807) is 0 Å². The van der Waals surface area contributed by atoms with Crippen LogP contribution in [-0.4, -0.2) is 80.2 Å². The molecule has 0 spiro atoms. The molecule has 1 atom stereocenters. The second-order valence-corrected chi connectivity index (χ2v) is 11.2. The number of ether oxygens (including phenoxy) is 3. The monoisotopic (exact) mass is 534 g/mol. The van der Waals surface area contributed by atoms with Gasteiger partial charge < -0.3 is 44.4 Å². The predicted octanol–water partition coefficient (Wildman–Crippen LogP) is -1.54. The summed E-state index contributed by atoms with van der Waals surface area (Å²) in [6, 6.07) is 0. The Morgan fingerprint density at radius 1 is 0.824 bits per heavy atom. The van der Waals surface area contributed by atoms with Crippen LogP contribution in [0.4, 0.5) is 0 Å². The van der Waals surface area contributed by atoms with Gasteiger partial charge in [-0.3, -0.25) is 33.1 Å². The maximum absolute atomic E-state index is 12.0. The van der Waals surface area contributed by atoms with E-state index in [2.05, 4.69) is 9.47 Å². The Bertz CT molecular complexity index is 842. The van der Waals surface area contributed by atoms with E-state index >= 15 is 0 Å². The summed E-state index contributed by atoms with van der Waals surface area (Å²) in [5.74, 6) is -4.35. The number of nitrogens with one attached hydrogen (secondary N) is 2. The molecule has 0 fully saturated rings. The minimum Gasteiger partial charge on any atom is -0.456 e. The fourth-order valence-corrected chi connectivity index (χ4v) is 4.82. The largest absolute Gasteiger partial charge is 0.456 e. The third-order valence-corrected chi connectivity index (χ3v) is 8.41. The fraction of sp³-hybridized carbons (Fsp3) is 0.688. The van der Waals surface area contributed by atoms with Crippen LogP contribution in [0.1, 0.15) is 40.0 Å². The van der Waals surface area contributed by atoms with E-state index in [0.29, 0.717) is 0 Å². The molecule has 0 aliphatic heterocycles. The third kappa shape index (κ3) is 11.2. The molecule has 0 bridgehead atoms. The number of rotatable bonds is 14. The van der Waals surface area contributed by atoms with Crippen molar-refractivity contribution in [1.82, 2.24) is 10.6 Å². The van der Waals surface area contributed by atoms with Gasteiger partial charge in [0, 0.05) is 46.7 Å². The van der Waals surface area contributed by atoms with Gasteiger partial charge in [-0.1, -0.05) is 0 Å². The first-order valence-corrected chi connectivity index (χ1v) is 12.8. The van der Waals surface area contributed by atoms with E-state index in [-0.39, 0.29) is 12.8 Å². The van der Waals surface area contributed by atoms with Crippen molar-refractivity contribution in [1.29, 1.82) is 0 Å². The zero-order chi connectivity index (χ0) is 26.7. The van der Waals surface area contributed by atoms with Gasteiger partial charge in [0.15, 0.2) is 6.61 Å². The number of esters is 3. The summed E-state index contributed by atoms with van der Waals surface area (Å²) in [6.45, 7) is 0.0192. The number of hydrogen-bond donors (Lipinski definition) is 6. The van der Waals surface area contributed by atoms with Gasteiger partial charge in [-0.05, 0) is 6.42 Å². The average Bonchev–Trinajstić information content (AvgIpc) is 2.63. The van der Waals surface area contributed by atoms with E-state index in [4.69, 9.17) is 4.74 Å². The van der Waals surface area contributed by atoms with Crippen LogP contribution in [0.3, 0.4) is 0 Å². The molecule has 0 saturated carbocycles. The molecule has 0 aromatic carbocycles. The molecule has 2 amide bonds. The Hall–Kier alpha value is -2.35. The molecule has 196 valence electrons. The van der Waals surface area contributed by atoms with Gasteiger partial charge >= 0.3 is 33.1 Å². The standard InChI is InChI=1S/C16H28N2O14P2/c1-10(19)30-7-14(22)18-9-16(33(24,25)26,34(27,28)29)8-17-13(21)5-4-6-15(23)32-12(3)31-11(2)20/h12H,4-9H2,1-3H3,(H,17,21)(H,18,22)(H2,24,25,26)(H2,27,28,29). The topological polar surface area (TPSA) is 252 Å². The zero-order valence-electron chi connectivity index (χ0n) is 18.6. The molecule has 0 aromatic heterocycles. The first-order chi connectivity index (χ1) is 15.4. The lowest BCUT2D eigenvalue weighted by Gasteiger charge is -2.34. The molecule has 0 aliphatic carbocycles. The van der Waals surface area contributed by atoms with E-state index in [0.717, 1.165) is 13.8 Å². The lowest BCUT2D eigenvalue weighted by Crippen LogP contribution is -2.50. The van der Waals surface area contributed by atoms with Crippen molar-refractivity contribution < 1.29 is 66.9 Å². The molecule has 18 heteroatoms. The lowest BCUT2D eigenvalue weighted by molar-refractivity contribution is -0.182. The summed E-state index contributed by atoms with van der Waals surface area (Å²) in [4.78, 5) is 92.1. The zero-order valence-corrected chi connectivity index (χ0v) is 20.4. The summed E-state index contributed by atoms with van der Waals surface area (Å²) in [7, 11) is -11.3. The van der Waals surface area contributed by atoms with Gasteiger partial charge in [0.25, 0.3) is 5.91 Å². The summed E-state index contributed by atoms with van der Waals surface area (Å²) >= 11 is 0. The van der Waals surface area contributed by atoms with Crippen LogP contribution in [0.25, 0.3) is 0 Å². The molecule has 0 saturated heterocycles. The quantitative estimate of drug-likeness (QED) is 0.0839. The minimum absolute atomic E-state index is 0.116. The summed E-state index contributed by atoms with van der Waals surface area (Å²) in [5, 5.41) is 3.83. The number of carbonyl (C=O) groups is 5. The maximum Gasteiger partial charge on any atom is 0.347 e. The normalized spacial score (nSPS) is 12.8. The summed E-state index contributed by atoms with van der Waals surface area (Å²) < 4.78 is 37.7. The van der Waals surface area contributed by atoms with Crippen molar-refractivity contribution in [3.63, 3.8) is 0 Å². The van der Waals surface area contributed by atoms with Crippen LogP contribution in [0.2, 0.25) is 0 Å². The van der Waals surface area contributed by atoms with Gasteiger partial charge in [-0.15, -0.1) is 0 Å². The molecule has 0 aromatic rings. The predicted molar refractivity (Wildman–Crippen MR) is 111 cm³/mol. The third-order valence-electron chi connectivity index (χ3n) is 4.04. The lowest BCUT2D eigenvalue weighted by atomic mass is 10.2. The highest BCUT2D eigenvalue weighted by Crippen LogP contribution is 2.68. The Balaban J connectivity index is 5.06. The highest BCUT2D eigenvalue weighted by molar-refractivity contribution is 7.72. The van der Waals surface area contributed by atoms with Gasteiger partial charge in [0.2, 0.25) is 17.1 Å². The highest BCUT2D eigenvalue weighted by atomic mass is 31.2. The van der Waals surface area contributed by atoms with Crippen LogP contribution in [0.5, 0.6) is 0 Å². The SMILES string of the molecule is CC(=O)OCC(=O)NCC(CNC(=O)CCCC(=O)OC(C)OC(C)=O)(P(=O)(O)O)P(=O)(O)O. The Labute approximate surface area is 194 Å². The molecule has 0 radical (unpaired) electrons. The first-order valence-electron chi connectivity index (χ1n) is 9.56. The Morgan fingerprint density at radius 3 is 1.76 bits per heavy atom. The molecule has 0 aliphatic rings. The van der Waals surface area contributed by atoms with Gasteiger partial charge in [0.1, 0.15) is 0 Å². The van der Waals surface area contributed by atoms with Crippen molar-refractivity contribution in [3.05, 3.63) is 0 Å². The van der Waals surface area contributed by atoms with E-state index in [1.165, 1.54) is 6.92 Å². The highest BCUT2D eigenvalue weighted by Gasteiger charge is 2.60. The van der Waals surface area contributed by atoms with Gasteiger partial charge in [-0.2, -0.15) is 0 Å². The summed E-state index contributed by atoms with van der Waals surface area (Å²) in [6.07, 6.45) is -1.96. The minimum atomic E-state index is -5.66. The molecule has 6 N–H and O–H groups in total. The van der Waals surface area contributed by atoms with Crippen LogP contribution in [0, 0.1) is 0 Å². The number of amides is 2. The first kappa shape index (κ1) is 31.6. The second kappa shape index (κ2) is 13.5. The van der Waals surface area contributed by atoms with E-state index < -0.39 is 82.2 Å². The second-order valence-electron chi connectivity index (χ2n) is 6.92. The number of carbonyl (C=O) groups excluding carboxylic acids is 5. The van der Waals surface area contributed by atoms with Crippen molar-refractivity contribution in [3.8, 4) is 0 Å². The molecule has 0 rings (SSSR count). The molecular weight excluding hydrogens is 506 g/mol. The van der Waals surface area contributed by atoms with Crippen LogP contribution < -0.4 is 10.6 Å². The molecular formula is C16H28N2O14P2. The van der Waals surface area contributed by atoms with Crippen LogP contribution in [0.15, 0.2) is 0 Å². The summed E-state index contributed by atoms with van der Waals surface area (Å²) in [5.41, 5.74) is 0. The molecule has 0 heterocycles. The number of hydrogen-bond acceptors (Lipinski definition) is 10. The van der Waals surface area contributed by atoms with Crippen LogP contribution >= 0.6 is 15.2 Å². The van der Waals surface area contributed by atoms with E-state index in [1.807, 2.05) is 10.6 Å². The maximum atomic E-state index is 12.0. The van der Waals surface area contributed by atoms with Crippen molar-refractivity contribution in [2.75, 3.05) is 19.7 Å². The molecule has 1 unspecified atom stereocenters. The van der Waals surface area contributed by atoms with Crippen molar-refractivity contribution >= 4 is 44.9 Å². The van der Waals surface area contributed by atoms with Crippen molar-refractivity contribution in [2.24, 2.45) is 0 Å². The molecule has 34 heavy (non-hydrogen) atoms. The Morgan fingerprint density at radius 2 is 1.32 bits per heavy atom. The fourth-order valence-electron chi connectivity index (χ4n) is 2.33. The average molecular weight is 534 g/mol. The van der Waals surface area contributed by atoms with Gasteiger partial charge in [-0.25, -0.2) is 0 Å². The van der Waals surface area contributed by atoms with Crippen molar-refractivity contribution in [2.45, 2.75) is 51.2 Å².